The molecule has 1 unspecified atom stereocenters. The summed E-state index contributed by atoms with van der Waals surface area (Å²) in [6, 6.07) is 6.44. The molecule has 0 saturated heterocycles. The first kappa shape index (κ1) is 16.1. The first-order chi connectivity index (χ1) is 8.66. The highest BCUT2D eigenvalue weighted by molar-refractivity contribution is 7.89. The maximum atomic E-state index is 12.2. The molecule has 0 bridgehead atoms. The van der Waals surface area contributed by atoms with Gasteiger partial charge in [0.25, 0.3) is 0 Å². The van der Waals surface area contributed by atoms with Crippen molar-refractivity contribution in [2.75, 3.05) is 6.61 Å². The zero-order chi connectivity index (χ0) is 14.7. The summed E-state index contributed by atoms with van der Waals surface area (Å²) in [6.07, 6.45) is 0.534. The van der Waals surface area contributed by atoms with Crippen molar-refractivity contribution in [3.05, 3.63) is 29.8 Å². The van der Waals surface area contributed by atoms with Crippen molar-refractivity contribution >= 4 is 10.0 Å². The minimum Gasteiger partial charge on any atom is -0.396 e. The summed E-state index contributed by atoms with van der Waals surface area (Å²) in [5, 5.41) is 8.83. The summed E-state index contributed by atoms with van der Waals surface area (Å²) in [6.45, 7) is 7.89. The zero-order valence-corrected chi connectivity index (χ0v) is 12.8. The second-order valence-electron chi connectivity index (χ2n) is 5.83. The molecule has 4 nitrogen and oxygen atoms in total. The smallest absolute Gasteiger partial charge is 0.240 e. The van der Waals surface area contributed by atoms with Crippen LogP contribution in [0.4, 0.5) is 0 Å². The van der Waals surface area contributed by atoms with Crippen LogP contribution in [0.5, 0.6) is 0 Å². The molecule has 1 rings (SSSR count). The lowest BCUT2D eigenvalue weighted by molar-refractivity contribution is 0.299. The van der Waals surface area contributed by atoms with Gasteiger partial charge in [0.05, 0.1) is 4.90 Å². The van der Waals surface area contributed by atoms with E-state index in [0.717, 1.165) is 5.56 Å². The molecule has 2 N–H and O–H groups in total. The van der Waals surface area contributed by atoms with Gasteiger partial charge in [-0.1, -0.05) is 32.9 Å². The van der Waals surface area contributed by atoms with Crippen molar-refractivity contribution in [3.63, 3.8) is 0 Å². The molecule has 0 aromatic heterocycles. The van der Waals surface area contributed by atoms with Gasteiger partial charge in [-0.15, -0.1) is 0 Å². The van der Waals surface area contributed by atoms with E-state index in [0.29, 0.717) is 6.42 Å². The Balaban J connectivity index is 2.89. The summed E-state index contributed by atoms with van der Waals surface area (Å²) in [5.74, 6) is 0. The van der Waals surface area contributed by atoms with Gasteiger partial charge in [-0.3, -0.25) is 0 Å². The highest BCUT2D eigenvalue weighted by Crippen LogP contribution is 2.21. The second kappa shape index (κ2) is 6.03. The molecule has 0 heterocycles. The molecule has 1 aromatic carbocycles. The van der Waals surface area contributed by atoms with Gasteiger partial charge < -0.3 is 5.11 Å². The maximum Gasteiger partial charge on any atom is 0.240 e. The van der Waals surface area contributed by atoms with Gasteiger partial charge in [-0.25, -0.2) is 13.1 Å². The second-order valence-corrected chi connectivity index (χ2v) is 7.54. The number of nitrogens with one attached hydrogen (secondary N) is 1. The molecule has 0 radical (unpaired) electrons. The molecule has 0 aliphatic heterocycles. The van der Waals surface area contributed by atoms with Gasteiger partial charge in [0.2, 0.25) is 10.0 Å². The van der Waals surface area contributed by atoms with Gasteiger partial charge in [0, 0.05) is 12.6 Å². The van der Waals surface area contributed by atoms with Crippen LogP contribution in [0.3, 0.4) is 0 Å². The summed E-state index contributed by atoms with van der Waals surface area (Å²) >= 11 is 0. The predicted octanol–water partition coefficient (Wildman–Crippen LogP) is 1.93. The van der Waals surface area contributed by atoms with Gasteiger partial charge in [0.15, 0.2) is 0 Å². The van der Waals surface area contributed by atoms with E-state index >= 15 is 0 Å². The molecule has 0 spiro atoms. The first-order valence-electron chi connectivity index (χ1n) is 6.39. The van der Waals surface area contributed by atoms with Crippen molar-refractivity contribution in [3.8, 4) is 0 Å². The van der Waals surface area contributed by atoms with Crippen molar-refractivity contribution < 1.29 is 13.5 Å². The average Bonchev–Trinajstić information content (AvgIpc) is 2.28. The number of aliphatic hydroxyl groups is 1. The number of sulfonamides is 1. The van der Waals surface area contributed by atoms with Crippen LogP contribution in [0.15, 0.2) is 29.2 Å². The molecule has 0 aliphatic carbocycles. The Labute approximate surface area is 115 Å². The van der Waals surface area contributed by atoms with E-state index < -0.39 is 10.0 Å². The van der Waals surface area contributed by atoms with Crippen LogP contribution < -0.4 is 4.72 Å². The molecule has 0 amide bonds. The Morgan fingerprint density at radius 1 is 1.21 bits per heavy atom. The molecule has 1 atom stereocenters. The molecular weight excluding hydrogens is 262 g/mol. The molecular formula is C14H23NO3S. The SMILES string of the molecule is CC(NS(=O)(=O)c1ccc(CCO)cc1)C(C)(C)C. The first-order valence-corrected chi connectivity index (χ1v) is 7.87. The van der Waals surface area contributed by atoms with Gasteiger partial charge >= 0.3 is 0 Å². The van der Waals surface area contributed by atoms with Crippen LogP contribution in [0.1, 0.15) is 33.3 Å². The summed E-state index contributed by atoms with van der Waals surface area (Å²) in [4.78, 5) is 0.255. The lowest BCUT2D eigenvalue weighted by Crippen LogP contribution is -2.41. The van der Waals surface area contributed by atoms with E-state index in [1.165, 1.54) is 0 Å². The Morgan fingerprint density at radius 3 is 2.16 bits per heavy atom. The molecule has 19 heavy (non-hydrogen) atoms. The Morgan fingerprint density at radius 2 is 1.74 bits per heavy atom. The maximum absolute atomic E-state index is 12.2. The molecule has 5 heteroatoms. The van der Waals surface area contributed by atoms with E-state index in [1.54, 1.807) is 24.3 Å². The highest BCUT2D eigenvalue weighted by atomic mass is 32.2. The lowest BCUT2D eigenvalue weighted by Gasteiger charge is -2.27. The fourth-order valence-electron chi connectivity index (χ4n) is 1.44. The van der Waals surface area contributed by atoms with E-state index in [-0.39, 0.29) is 23.0 Å². The zero-order valence-electron chi connectivity index (χ0n) is 12.0. The third kappa shape index (κ3) is 4.60. The quantitative estimate of drug-likeness (QED) is 0.869. The fraction of sp³-hybridized carbons (Fsp3) is 0.571. The van der Waals surface area contributed by atoms with E-state index in [9.17, 15) is 8.42 Å². The largest absolute Gasteiger partial charge is 0.396 e. The predicted molar refractivity (Wildman–Crippen MR) is 76.5 cm³/mol. The lowest BCUT2D eigenvalue weighted by atomic mass is 9.89. The van der Waals surface area contributed by atoms with Crippen molar-refractivity contribution in [2.45, 2.75) is 45.1 Å². The van der Waals surface area contributed by atoms with Crippen molar-refractivity contribution in [1.82, 2.24) is 4.72 Å². The fourth-order valence-corrected chi connectivity index (χ4v) is 2.89. The number of aliphatic hydroxyl groups excluding tert-OH is 1. The molecule has 0 fully saturated rings. The van der Waals surface area contributed by atoms with Gasteiger partial charge in [0.1, 0.15) is 0 Å². The minimum atomic E-state index is -3.49. The number of hydrogen-bond donors (Lipinski definition) is 2. The summed E-state index contributed by atoms with van der Waals surface area (Å²) < 4.78 is 27.1. The van der Waals surface area contributed by atoms with Crippen molar-refractivity contribution in [2.24, 2.45) is 5.41 Å². The standard InChI is InChI=1S/C14H23NO3S/c1-11(14(2,3)4)15-19(17,18)13-7-5-12(6-8-13)9-10-16/h5-8,11,15-16H,9-10H2,1-4H3. The van der Waals surface area contributed by atoms with Crippen LogP contribution in [0.25, 0.3) is 0 Å². The molecule has 0 saturated carbocycles. The number of hydrogen-bond acceptors (Lipinski definition) is 3. The number of benzene rings is 1. The Bertz CT molecular complexity index is 500. The van der Waals surface area contributed by atoms with Crippen LogP contribution in [0, 0.1) is 5.41 Å². The summed E-state index contributed by atoms with van der Waals surface area (Å²) in [7, 11) is -3.49. The van der Waals surface area contributed by atoms with E-state index in [2.05, 4.69) is 4.72 Å². The number of rotatable bonds is 5. The third-order valence-electron chi connectivity index (χ3n) is 3.27. The van der Waals surface area contributed by atoms with Crippen molar-refractivity contribution in [1.29, 1.82) is 0 Å². The van der Waals surface area contributed by atoms with Crippen LogP contribution in [0.2, 0.25) is 0 Å². The highest BCUT2D eigenvalue weighted by Gasteiger charge is 2.25. The topological polar surface area (TPSA) is 66.4 Å². The van der Waals surface area contributed by atoms with Gasteiger partial charge in [-0.2, -0.15) is 0 Å². The normalized spacial score (nSPS) is 14.4. The Hall–Kier alpha value is -0.910. The third-order valence-corrected chi connectivity index (χ3v) is 4.82. The van der Waals surface area contributed by atoms with E-state index in [4.69, 9.17) is 5.11 Å². The van der Waals surface area contributed by atoms with Crippen LogP contribution in [-0.2, 0) is 16.4 Å². The molecule has 0 aliphatic rings. The average molecular weight is 285 g/mol. The summed E-state index contributed by atoms with van der Waals surface area (Å²) in [5.41, 5.74) is 0.787. The monoisotopic (exact) mass is 285 g/mol. The van der Waals surface area contributed by atoms with E-state index in [1.807, 2.05) is 27.7 Å². The van der Waals surface area contributed by atoms with Crippen LogP contribution in [-0.4, -0.2) is 26.2 Å². The van der Waals surface area contributed by atoms with Crippen LogP contribution >= 0.6 is 0 Å². The molecule has 108 valence electrons. The van der Waals surface area contributed by atoms with Gasteiger partial charge in [-0.05, 0) is 36.5 Å². The molecule has 1 aromatic rings. The Kier molecular flexibility index (Phi) is 5.12. The minimum absolute atomic E-state index is 0.0609.